The van der Waals surface area contributed by atoms with Gasteiger partial charge in [-0.2, -0.15) is 0 Å². The first-order valence-electron chi connectivity index (χ1n) is 11.1. The molecule has 1 aromatic heterocycles. The number of piperidine rings is 1. The van der Waals surface area contributed by atoms with E-state index in [4.69, 9.17) is 21.1 Å². The zero-order valence-corrected chi connectivity index (χ0v) is 18.5. The highest BCUT2D eigenvalue weighted by atomic mass is 35.5. The Kier molecular flexibility index (Phi) is 5.16. The van der Waals surface area contributed by atoms with Gasteiger partial charge in [0.2, 0.25) is 5.79 Å². The van der Waals surface area contributed by atoms with Gasteiger partial charge >= 0.3 is 0 Å². The van der Waals surface area contributed by atoms with Crippen molar-refractivity contribution in [2.45, 2.75) is 70.4 Å². The van der Waals surface area contributed by atoms with Crippen LogP contribution in [-0.2, 0) is 11.3 Å². The molecule has 0 unspecified atom stereocenters. The summed E-state index contributed by atoms with van der Waals surface area (Å²) in [4.78, 5) is 15.0. The molecular weight excluding hydrogens is 400 g/mol. The molecule has 1 saturated heterocycles. The van der Waals surface area contributed by atoms with Crippen molar-refractivity contribution in [1.82, 2.24) is 9.47 Å². The lowest BCUT2D eigenvalue weighted by Gasteiger charge is -2.47. The van der Waals surface area contributed by atoms with Gasteiger partial charge in [0.15, 0.2) is 0 Å². The monoisotopic (exact) mass is 428 g/mol. The van der Waals surface area contributed by atoms with E-state index in [-0.39, 0.29) is 11.6 Å². The summed E-state index contributed by atoms with van der Waals surface area (Å²) in [7, 11) is 0. The highest BCUT2D eigenvalue weighted by Crippen LogP contribution is 2.41. The van der Waals surface area contributed by atoms with Crippen molar-refractivity contribution in [3.05, 3.63) is 51.4 Å². The fraction of sp³-hybridized carbons (Fsp3) is 0.542. The van der Waals surface area contributed by atoms with Crippen molar-refractivity contribution in [3.8, 4) is 16.9 Å². The third-order valence-electron chi connectivity index (χ3n) is 6.90. The molecule has 1 spiro atoms. The number of hydrogen-bond donors (Lipinski definition) is 0. The molecule has 2 aliphatic heterocycles. The minimum Gasteiger partial charge on any atom is -0.462 e. The van der Waals surface area contributed by atoms with Crippen LogP contribution >= 0.6 is 11.6 Å². The summed E-state index contributed by atoms with van der Waals surface area (Å²) in [5.41, 5.74) is 2.61. The molecule has 6 heteroatoms. The summed E-state index contributed by atoms with van der Waals surface area (Å²) in [6.07, 6.45) is 7.58. The minimum atomic E-state index is -0.496. The first kappa shape index (κ1) is 20.1. The molecule has 0 atom stereocenters. The van der Waals surface area contributed by atoms with Crippen LogP contribution in [0.3, 0.4) is 0 Å². The second-order valence-electron chi connectivity index (χ2n) is 9.12. The molecule has 30 heavy (non-hydrogen) atoms. The summed E-state index contributed by atoms with van der Waals surface area (Å²) >= 11 is 6.51. The van der Waals surface area contributed by atoms with Gasteiger partial charge in [-0.05, 0) is 44.4 Å². The second kappa shape index (κ2) is 7.70. The normalized spacial score (nSPS) is 21.3. The van der Waals surface area contributed by atoms with Gasteiger partial charge in [0.25, 0.3) is 5.56 Å². The van der Waals surface area contributed by atoms with Crippen LogP contribution in [0, 0.1) is 0 Å². The van der Waals surface area contributed by atoms with Gasteiger partial charge in [-0.25, -0.2) is 0 Å². The summed E-state index contributed by atoms with van der Waals surface area (Å²) in [6.45, 7) is 6.54. The van der Waals surface area contributed by atoms with Crippen molar-refractivity contribution in [3.63, 3.8) is 0 Å². The lowest BCUT2D eigenvalue weighted by Crippen LogP contribution is -2.54. The topological polar surface area (TPSA) is 43.7 Å². The van der Waals surface area contributed by atoms with E-state index in [9.17, 15) is 4.79 Å². The maximum Gasteiger partial charge on any atom is 0.251 e. The van der Waals surface area contributed by atoms with Crippen LogP contribution in [-0.4, -0.2) is 34.4 Å². The number of ether oxygens (including phenoxy) is 2. The zero-order valence-electron chi connectivity index (χ0n) is 17.7. The molecule has 3 heterocycles. The summed E-state index contributed by atoms with van der Waals surface area (Å²) in [5.74, 6) is 0.387. The van der Waals surface area contributed by atoms with E-state index in [2.05, 4.69) is 4.90 Å². The van der Waals surface area contributed by atoms with Gasteiger partial charge in [0, 0.05) is 61.4 Å². The highest BCUT2D eigenvalue weighted by Gasteiger charge is 2.42. The minimum absolute atomic E-state index is 0.0493. The van der Waals surface area contributed by atoms with Crippen LogP contribution in [0.5, 0.6) is 5.75 Å². The number of pyridine rings is 1. The van der Waals surface area contributed by atoms with E-state index in [0.29, 0.717) is 11.6 Å². The van der Waals surface area contributed by atoms with E-state index in [1.165, 1.54) is 19.3 Å². The zero-order chi connectivity index (χ0) is 20.9. The Labute approximate surface area is 182 Å². The van der Waals surface area contributed by atoms with E-state index < -0.39 is 5.79 Å². The number of halogens is 1. The second-order valence-corrected chi connectivity index (χ2v) is 9.53. The Hall–Kier alpha value is -1.82. The predicted octanol–water partition coefficient (Wildman–Crippen LogP) is 5.00. The number of aromatic nitrogens is 1. The van der Waals surface area contributed by atoms with E-state index in [1.54, 1.807) is 16.8 Å². The van der Waals surface area contributed by atoms with Crippen molar-refractivity contribution >= 4 is 11.6 Å². The quantitative estimate of drug-likeness (QED) is 0.689. The fourth-order valence-electron chi connectivity index (χ4n) is 4.77. The molecule has 1 saturated carbocycles. The Morgan fingerprint density at radius 3 is 2.60 bits per heavy atom. The molecule has 0 radical (unpaired) electrons. The first-order valence-corrected chi connectivity index (χ1v) is 11.4. The molecule has 5 nitrogen and oxygen atoms in total. The van der Waals surface area contributed by atoms with Crippen molar-refractivity contribution in [2.24, 2.45) is 0 Å². The molecular formula is C24H29ClN2O3. The van der Waals surface area contributed by atoms with Crippen molar-refractivity contribution < 1.29 is 9.47 Å². The van der Waals surface area contributed by atoms with Gasteiger partial charge < -0.3 is 14.0 Å². The van der Waals surface area contributed by atoms with Crippen LogP contribution in [0.1, 0.15) is 57.6 Å². The number of nitrogens with zero attached hydrogens (tertiary/aromatic N) is 2. The third kappa shape index (κ3) is 3.57. The molecule has 1 aliphatic carbocycles. The Balaban J connectivity index is 1.35. The Morgan fingerprint density at radius 1 is 1.17 bits per heavy atom. The van der Waals surface area contributed by atoms with Gasteiger partial charge in [-0.15, -0.1) is 0 Å². The van der Waals surface area contributed by atoms with Crippen molar-refractivity contribution in [1.29, 1.82) is 0 Å². The summed E-state index contributed by atoms with van der Waals surface area (Å²) in [5, 5.41) is 0.570. The molecule has 0 bridgehead atoms. The largest absolute Gasteiger partial charge is 0.462 e. The predicted molar refractivity (Wildman–Crippen MR) is 118 cm³/mol. The van der Waals surface area contributed by atoms with Gasteiger partial charge in [0.1, 0.15) is 5.75 Å². The van der Waals surface area contributed by atoms with Crippen molar-refractivity contribution in [2.75, 3.05) is 13.1 Å². The number of hydrogen-bond acceptors (Lipinski definition) is 4. The summed E-state index contributed by atoms with van der Waals surface area (Å²) < 4.78 is 14.3. The molecule has 0 amide bonds. The van der Waals surface area contributed by atoms with Crippen LogP contribution in [0.25, 0.3) is 11.1 Å². The van der Waals surface area contributed by atoms with Crippen LogP contribution in [0.4, 0.5) is 0 Å². The number of rotatable bonds is 3. The van der Waals surface area contributed by atoms with E-state index >= 15 is 0 Å². The van der Waals surface area contributed by atoms with Crippen LogP contribution < -0.4 is 10.3 Å². The molecule has 160 valence electrons. The third-order valence-corrected chi connectivity index (χ3v) is 7.20. The lowest BCUT2D eigenvalue weighted by molar-refractivity contribution is -0.231. The average Bonchev–Trinajstić information content (AvgIpc) is 2.69. The van der Waals surface area contributed by atoms with Crippen LogP contribution in [0.2, 0.25) is 5.02 Å². The summed E-state index contributed by atoms with van der Waals surface area (Å²) in [6, 6.07) is 8.48. The first-order chi connectivity index (χ1) is 14.4. The number of likely N-dealkylation sites (tertiary alicyclic amines) is 1. The Bertz CT molecular complexity index is 1000. The SMILES string of the molecule is CC(C)n1cc(Cl)c(-c2ccc3c(c2)COC2(CCN(C4CCC4)CC2)O3)cc1=O. The van der Waals surface area contributed by atoms with Gasteiger partial charge in [-0.3, -0.25) is 9.69 Å². The standard InChI is InChI=1S/C24H29ClN2O3/c1-16(2)27-14-21(25)20(13-23(27)28)17-6-7-22-18(12-17)15-29-24(30-22)8-10-26(11-9-24)19-4-3-5-19/h6-7,12-14,16,19H,3-5,8-11,15H2,1-2H3. The van der Waals surface area contributed by atoms with Gasteiger partial charge in [-0.1, -0.05) is 24.1 Å². The molecule has 3 aliphatic rings. The molecule has 5 rings (SSSR count). The van der Waals surface area contributed by atoms with Gasteiger partial charge in [0.05, 0.1) is 11.6 Å². The van der Waals surface area contributed by atoms with E-state index in [0.717, 1.165) is 54.4 Å². The number of benzene rings is 1. The molecule has 1 aromatic carbocycles. The average molecular weight is 429 g/mol. The molecule has 0 N–H and O–H groups in total. The molecule has 2 fully saturated rings. The lowest BCUT2D eigenvalue weighted by atomic mass is 9.89. The van der Waals surface area contributed by atoms with E-state index in [1.807, 2.05) is 32.0 Å². The molecule has 2 aromatic rings. The number of fused-ring (bicyclic) bond motifs is 1. The maximum atomic E-state index is 12.4. The Morgan fingerprint density at radius 2 is 1.93 bits per heavy atom. The van der Waals surface area contributed by atoms with Crippen LogP contribution in [0.15, 0.2) is 35.3 Å². The highest BCUT2D eigenvalue weighted by molar-refractivity contribution is 6.33. The fourth-order valence-corrected chi connectivity index (χ4v) is 5.04. The smallest absolute Gasteiger partial charge is 0.251 e. The maximum absolute atomic E-state index is 12.4.